The SMILES string of the molecule is CCCCCCCCCCOOOC.CCCCCCCCCOOOC.CCCCCCCCOOOC.CCCCCCCOOOC.CCCCCCOOO. The predicted molar refractivity (Wildman–Crippen MR) is 233 cm³/mol. The van der Waals surface area contributed by atoms with Crippen LogP contribution in [0.15, 0.2) is 0 Å². The van der Waals surface area contributed by atoms with Crippen molar-refractivity contribution < 1.29 is 74.4 Å². The van der Waals surface area contributed by atoms with Crippen LogP contribution in [0.4, 0.5) is 0 Å². The van der Waals surface area contributed by atoms with Crippen LogP contribution < -0.4 is 0 Å². The zero-order valence-corrected chi connectivity index (χ0v) is 39.9. The second-order valence-electron chi connectivity index (χ2n) is 14.0. The summed E-state index contributed by atoms with van der Waals surface area (Å²) in [6.45, 7) is 14.0. The molecule has 0 spiro atoms. The van der Waals surface area contributed by atoms with E-state index >= 15 is 0 Å². The van der Waals surface area contributed by atoms with Gasteiger partial charge in [0.25, 0.3) is 0 Å². The van der Waals surface area contributed by atoms with Gasteiger partial charge in [0.1, 0.15) is 0 Å². The van der Waals surface area contributed by atoms with Crippen LogP contribution in [0.5, 0.6) is 0 Å². The minimum atomic E-state index is 0.483. The highest BCUT2D eigenvalue weighted by Crippen LogP contribution is 2.09. The fraction of sp³-hybridized carbons (Fsp3) is 1.00. The van der Waals surface area contributed by atoms with Crippen LogP contribution in [0.25, 0.3) is 0 Å². The van der Waals surface area contributed by atoms with E-state index in [9.17, 15) is 0 Å². The van der Waals surface area contributed by atoms with Gasteiger partial charge in [0.05, 0.1) is 61.5 Å². The van der Waals surface area contributed by atoms with Gasteiger partial charge in [-0.1, -0.05) is 220 Å². The highest BCUT2D eigenvalue weighted by Gasteiger charge is 1.94. The molecule has 0 amide bonds. The Bertz CT molecular complexity index is 552. The number of hydrogen-bond acceptors (Lipinski definition) is 15. The first-order chi connectivity index (χ1) is 29.1. The topological polar surface area (TPSA) is 149 Å². The van der Waals surface area contributed by atoms with E-state index in [1.807, 2.05) is 0 Å². The Morgan fingerprint density at radius 3 is 0.593 bits per heavy atom. The maximum absolute atomic E-state index is 7.70. The Hall–Kier alpha value is -0.600. The minimum absolute atomic E-state index is 0.483. The number of hydrogen-bond donors (Lipinski definition) is 1. The van der Waals surface area contributed by atoms with Crippen LogP contribution in [0.1, 0.15) is 227 Å². The van der Waals surface area contributed by atoms with Gasteiger partial charge < -0.3 is 0 Å². The molecule has 0 saturated carbocycles. The van der Waals surface area contributed by atoms with Crippen LogP contribution in [0.3, 0.4) is 0 Å². The maximum Gasteiger partial charge on any atom is 0.0853 e. The van der Waals surface area contributed by atoms with E-state index < -0.39 is 0 Å². The summed E-state index contributed by atoms with van der Waals surface area (Å²) in [6.07, 6.45) is 37.5. The van der Waals surface area contributed by atoms with Crippen molar-refractivity contribution in [1.82, 2.24) is 0 Å². The Labute approximate surface area is 362 Å². The molecule has 0 saturated heterocycles. The van der Waals surface area contributed by atoms with Gasteiger partial charge in [0.2, 0.25) is 0 Å². The fourth-order valence-corrected chi connectivity index (χ4v) is 5.07. The van der Waals surface area contributed by atoms with Crippen LogP contribution >= 0.6 is 0 Å². The zero-order valence-electron chi connectivity index (χ0n) is 39.9. The van der Waals surface area contributed by atoms with Crippen molar-refractivity contribution in [1.29, 1.82) is 0 Å². The standard InChI is InChI=1S/C11H24O3.C10H22O3.C9H20O3.C8H18O3.C6H14O3/c1-3-4-5-6-7-8-9-10-11-13-14-12-2;1-3-4-5-6-7-8-9-10-12-13-11-2;1-3-4-5-6-7-8-9-11-12-10-2;1-3-4-5-6-7-8-10-11-9-2;1-2-3-4-5-6-8-9-7/h3-11H2,1-2H3;3-10H2,1-2H3;3-9H2,1-2H3;3-8H2,1-2H3;7H,2-6H2,1H3. The Kier molecular flexibility index (Phi) is 89.1. The van der Waals surface area contributed by atoms with E-state index in [2.05, 4.69) is 98.9 Å². The van der Waals surface area contributed by atoms with Gasteiger partial charge in [-0.3, -0.25) is 0 Å². The summed E-state index contributed by atoms with van der Waals surface area (Å²) in [5.74, 6) is 0. The lowest BCUT2D eigenvalue weighted by Crippen LogP contribution is -1.95. The van der Waals surface area contributed by atoms with Crippen molar-refractivity contribution in [2.75, 3.05) is 61.5 Å². The first kappa shape index (κ1) is 67.5. The lowest BCUT2D eigenvalue weighted by atomic mass is 10.1. The van der Waals surface area contributed by atoms with Crippen molar-refractivity contribution in [3.05, 3.63) is 0 Å². The predicted octanol–water partition coefficient (Wildman–Crippen LogP) is 14.2. The summed E-state index contributed by atoms with van der Waals surface area (Å²) in [7, 11) is 5.73. The summed E-state index contributed by atoms with van der Waals surface area (Å²) in [5.41, 5.74) is 0. The van der Waals surface area contributed by atoms with E-state index in [-0.39, 0.29) is 0 Å². The molecule has 0 aromatic heterocycles. The van der Waals surface area contributed by atoms with Gasteiger partial charge in [-0.15, -0.1) is 0 Å². The second kappa shape index (κ2) is 77.9. The second-order valence-corrected chi connectivity index (χ2v) is 14.0. The molecule has 0 radical (unpaired) electrons. The first-order valence-electron chi connectivity index (χ1n) is 23.3. The van der Waals surface area contributed by atoms with Crippen LogP contribution in [-0.4, -0.2) is 66.7 Å². The van der Waals surface area contributed by atoms with Gasteiger partial charge in [-0.2, -0.15) is 0 Å². The van der Waals surface area contributed by atoms with E-state index in [1.165, 1.54) is 183 Å². The largest absolute Gasteiger partial charge is 0.221 e. The molecule has 0 fully saturated rings. The molecular weight excluding hydrogens is 768 g/mol. The van der Waals surface area contributed by atoms with Crippen molar-refractivity contribution >= 4 is 0 Å². The van der Waals surface area contributed by atoms with Crippen molar-refractivity contribution in [2.24, 2.45) is 0 Å². The molecule has 0 rings (SSSR count). The number of unbranched alkanes of at least 4 members (excludes halogenated alkanes) is 25. The molecule has 0 heterocycles. The summed E-state index contributed by atoms with van der Waals surface area (Å²) < 4.78 is 0. The van der Waals surface area contributed by atoms with Crippen LogP contribution in [0.2, 0.25) is 0 Å². The molecule has 59 heavy (non-hydrogen) atoms. The van der Waals surface area contributed by atoms with Gasteiger partial charge in [-0.05, 0) is 32.1 Å². The molecular formula is C44H98O15. The maximum atomic E-state index is 7.70. The van der Waals surface area contributed by atoms with Gasteiger partial charge in [0.15, 0.2) is 0 Å². The Morgan fingerprint density at radius 1 is 0.237 bits per heavy atom. The third kappa shape index (κ3) is 93.5. The smallest absolute Gasteiger partial charge is 0.0853 e. The van der Waals surface area contributed by atoms with E-state index in [1.54, 1.807) is 0 Å². The van der Waals surface area contributed by atoms with Gasteiger partial charge in [0, 0.05) is 0 Å². The normalized spacial score (nSPS) is 10.5. The lowest BCUT2D eigenvalue weighted by molar-refractivity contribution is -0.502. The Balaban J connectivity index is -0.000000207. The molecule has 0 aromatic carbocycles. The van der Waals surface area contributed by atoms with Crippen molar-refractivity contribution in [3.63, 3.8) is 0 Å². The fourth-order valence-electron chi connectivity index (χ4n) is 5.07. The molecule has 0 aliphatic heterocycles. The van der Waals surface area contributed by atoms with E-state index in [4.69, 9.17) is 10.1 Å². The molecule has 0 aliphatic rings. The molecule has 15 heteroatoms. The molecule has 0 bridgehead atoms. The van der Waals surface area contributed by atoms with Crippen molar-refractivity contribution in [3.8, 4) is 0 Å². The van der Waals surface area contributed by atoms with E-state index in [0.717, 1.165) is 38.5 Å². The summed E-state index contributed by atoms with van der Waals surface area (Å²) in [6, 6.07) is 0. The molecule has 0 unspecified atom stereocenters. The number of rotatable bonds is 44. The van der Waals surface area contributed by atoms with E-state index in [0.29, 0.717) is 33.0 Å². The first-order valence-corrected chi connectivity index (χ1v) is 23.3. The monoisotopic (exact) mass is 867 g/mol. The third-order valence-corrected chi connectivity index (χ3v) is 8.42. The molecule has 0 aliphatic carbocycles. The summed E-state index contributed by atoms with van der Waals surface area (Å²) >= 11 is 0. The van der Waals surface area contributed by atoms with Gasteiger partial charge >= 0.3 is 0 Å². The summed E-state index contributed by atoms with van der Waals surface area (Å²) in [5, 5.41) is 28.2. The van der Waals surface area contributed by atoms with Gasteiger partial charge in [-0.25, -0.2) is 49.2 Å². The van der Waals surface area contributed by atoms with Crippen LogP contribution in [0, 0.1) is 0 Å². The average Bonchev–Trinajstić information content (AvgIpc) is 3.25. The minimum Gasteiger partial charge on any atom is -0.221 e. The molecule has 0 atom stereocenters. The molecule has 364 valence electrons. The third-order valence-electron chi connectivity index (χ3n) is 8.42. The average molecular weight is 867 g/mol. The molecule has 0 aromatic rings. The highest BCUT2D eigenvalue weighted by molar-refractivity contribution is 4.46. The molecule has 15 nitrogen and oxygen atoms in total. The van der Waals surface area contributed by atoms with Crippen molar-refractivity contribution in [2.45, 2.75) is 227 Å². The highest BCUT2D eigenvalue weighted by atomic mass is 17.5. The Morgan fingerprint density at radius 2 is 0.407 bits per heavy atom. The zero-order chi connectivity index (χ0) is 44.6. The molecule has 1 N–H and O–H groups in total. The summed E-state index contributed by atoms with van der Waals surface area (Å²) in [4.78, 5) is 40.0. The quantitative estimate of drug-likeness (QED) is 0.0351. The van der Waals surface area contributed by atoms with Crippen LogP contribution in [-0.2, 0) is 69.2 Å². The lowest BCUT2D eigenvalue weighted by Gasteiger charge is -2.01.